The molecule has 0 radical (unpaired) electrons. The number of rotatable bonds is 3. The van der Waals surface area contributed by atoms with Crippen LogP contribution in [0.25, 0.3) is 0 Å². The molecule has 0 saturated carbocycles. The summed E-state index contributed by atoms with van der Waals surface area (Å²) in [7, 11) is 1.83. The second-order valence-electron chi connectivity index (χ2n) is 2.00. The number of aromatic nitrogens is 3. The number of nitrogens with two attached hydrogens (primary N) is 1. The first-order valence-corrected chi connectivity index (χ1v) is 4.13. The van der Waals surface area contributed by atoms with Gasteiger partial charge in [0.05, 0.1) is 0 Å². The zero-order valence-corrected chi connectivity index (χ0v) is 7.14. The molecule has 0 fully saturated rings. The predicted octanol–water partition coefficient (Wildman–Crippen LogP) is 0.675. The number of nitrogens with zero attached hydrogens (tertiary/aromatic N) is 3. The van der Waals surface area contributed by atoms with Gasteiger partial charge in [-0.05, 0) is 0 Å². The fraction of sp³-hybridized carbons (Fsp3) is 0.333. The van der Waals surface area contributed by atoms with E-state index in [1.807, 2.05) is 13.1 Å². The molecule has 60 valence electrons. The van der Waals surface area contributed by atoms with Gasteiger partial charge in [0.1, 0.15) is 0 Å². The van der Waals surface area contributed by atoms with Gasteiger partial charge in [0.25, 0.3) is 0 Å². The Labute approximate surface area is 69.5 Å². The highest BCUT2D eigenvalue weighted by atomic mass is 32.2. The Morgan fingerprint density at radius 3 is 2.91 bits per heavy atom. The van der Waals surface area contributed by atoms with Gasteiger partial charge in [-0.15, -0.1) is 16.8 Å². The first-order chi connectivity index (χ1) is 5.25. The molecule has 0 atom stereocenters. The standard InChI is InChI=1S/C6H10N4S/c1-3-4-11-6-9-8-5(7)10(6)2/h3H,1,4H2,2H3,(H2,7,8). The Bertz CT molecular complexity index is 255. The average Bonchev–Trinajstić information content (AvgIpc) is 2.31. The molecule has 1 heterocycles. The summed E-state index contributed by atoms with van der Waals surface area (Å²) < 4.78 is 1.74. The molecule has 1 aromatic heterocycles. The molecule has 0 aliphatic carbocycles. The molecule has 0 aliphatic heterocycles. The topological polar surface area (TPSA) is 56.7 Å². The van der Waals surface area contributed by atoms with Crippen molar-refractivity contribution in [3.8, 4) is 0 Å². The van der Waals surface area contributed by atoms with Crippen molar-refractivity contribution in [2.24, 2.45) is 7.05 Å². The third-order valence-corrected chi connectivity index (χ3v) is 2.21. The summed E-state index contributed by atoms with van der Waals surface area (Å²) in [5.41, 5.74) is 5.46. The van der Waals surface area contributed by atoms with Gasteiger partial charge in [0.15, 0.2) is 5.16 Å². The van der Waals surface area contributed by atoms with Crippen LogP contribution in [0.4, 0.5) is 5.95 Å². The van der Waals surface area contributed by atoms with Gasteiger partial charge in [-0.3, -0.25) is 4.57 Å². The normalized spacial score (nSPS) is 9.91. The lowest BCUT2D eigenvalue weighted by atomic mass is 10.8. The average molecular weight is 170 g/mol. The third-order valence-electron chi connectivity index (χ3n) is 1.20. The van der Waals surface area contributed by atoms with Crippen LogP contribution >= 0.6 is 11.8 Å². The Balaban J connectivity index is 2.70. The molecule has 0 spiro atoms. The zero-order chi connectivity index (χ0) is 8.27. The van der Waals surface area contributed by atoms with Crippen LogP contribution < -0.4 is 5.73 Å². The van der Waals surface area contributed by atoms with E-state index in [0.29, 0.717) is 5.95 Å². The van der Waals surface area contributed by atoms with E-state index in [1.54, 1.807) is 16.3 Å². The molecule has 0 saturated heterocycles. The Kier molecular flexibility index (Phi) is 2.53. The van der Waals surface area contributed by atoms with Crippen molar-refractivity contribution in [3.05, 3.63) is 12.7 Å². The van der Waals surface area contributed by atoms with Gasteiger partial charge in [-0.1, -0.05) is 17.8 Å². The van der Waals surface area contributed by atoms with Crippen LogP contribution in [0, 0.1) is 0 Å². The fourth-order valence-corrected chi connectivity index (χ4v) is 1.24. The molecule has 5 heteroatoms. The summed E-state index contributed by atoms with van der Waals surface area (Å²) in [5.74, 6) is 1.27. The number of thioether (sulfide) groups is 1. The van der Waals surface area contributed by atoms with Crippen molar-refractivity contribution >= 4 is 17.7 Å². The van der Waals surface area contributed by atoms with E-state index in [0.717, 1.165) is 10.9 Å². The lowest BCUT2D eigenvalue weighted by Crippen LogP contribution is -1.97. The molecule has 0 bridgehead atoms. The van der Waals surface area contributed by atoms with Crippen LogP contribution in [0.2, 0.25) is 0 Å². The first kappa shape index (κ1) is 8.13. The van der Waals surface area contributed by atoms with E-state index in [1.165, 1.54) is 0 Å². The van der Waals surface area contributed by atoms with Crippen LogP contribution in [0.15, 0.2) is 17.8 Å². The highest BCUT2D eigenvalue weighted by Crippen LogP contribution is 2.15. The van der Waals surface area contributed by atoms with E-state index < -0.39 is 0 Å². The van der Waals surface area contributed by atoms with Crippen LogP contribution in [-0.2, 0) is 7.05 Å². The molecular formula is C6H10N4S. The number of nitrogen functional groups attached to an aromatic ring is 1. The summed E-state index contributed by atoms with van der Waals surface area (Å²) >= 11 is 1.56. The molecule has 0 aromatic carbocycles. The maximum absolute atomic E-state index is 5.46. The Morgan fingerprint density at radius 2 is 2.45 bits per heavy atom. The Morgan fingerprint density at radius 1 is 1.73 bits per heavy atom. The second kappa shape index (κ2) is 3.43. The second-order valence-corrected chi connectivity index (χ2v) is 2.99. The number of anilines is 1. The number of hydrogen-bond acceptors (Lipinski definition) is 4. The highest BCUT2D eigenvalue weighted by Gasteiger charge is 2.03. The maximum Gasteiger partial charge on any atom is 0.222 e. The summed E-state index contributed by atoms with van der Waals surface area (Å²) in [6.45, 7) is 3.60. The summed E-state index contributed by atoms with van der Waals surface area (Å²) in [6.07, 6.45) is 1.82. The first-order valence-electron chi connectivity index (χ1n) is 3.14. The molecule has 0 aliphatic rings. The quantitative estimate of drug-likeness (QED) is 0.535. The van der Waals surface area contributed by atoms with E-state index in [9.17, 15) is 0 Å². The van der Waals surface area contributed by atoms with Crippen LogP contribution in [-0.4, -0.2) is 20.5 Å². The lowest BCUT2D eigenvalue weighted by Gasteiger charge is -1.96. The molecule has 11 heavy (non-hydrogen) atoms. The highest BCUT2D eigenvalue weighted by molar-refractivity contribution is 7.99. The van der Waals surface area contributed by atoms with Crippen molar-refractivity contribution in [1.82, 2.24) is 14.8 Å². The molecule has 4 nitrogen and oxygen atoms in total. The summed E-state index contributed by atoms with van der Waals surface area (Å²) in [4.78, 5) is 0. The van der Waals surface area contributed by atoms with Gasteiger partial charge in [0.2, 0.25) is 5.95 Å². The van der Waals surface area contributed by atoms with Gasteiger partial charge in [-0.2, -0.15) is 0 Å². The van der Waals surface area contributed by atoms with Crippen LogP contribution in [0.5, 0.6) is 0 Å². The van der Waals surface area contributed by atoms with E-state index in [2.05, 4.69) is 16.8 Å². The van der Waals surface area contributed by atoms with Crippen molar-refractivity contribution < 1.29 is 0 Å². The SMILES string of the molecule is C=CCSc1nnc(N)n1C. The van der Waals surface area contributed by atoms with Crippen molar-refractivity contribution in [2.75, 3.05) is 11.5 Å². The smallest absolute Gasteiger partial charge is 0.222 e. The summed E-state index contributed by atoms with van der Waals surface area (Å²) in [6, 6.07) is 0. The molecule has 0 unspecified atom stereocenters. The van der Waals surface area contributed by atoms with E-state index in [-0.39, 0.29) is 0 Å². The largest absolute Gasteiger partial charge is 0.368 e. The fourth-order valence-electron chi connectivity index (χ4n) is 0.585. The summed E-state index contributed by atoms with van der Waals surface area (Å²) in [5, 5.41) is 8.38. The maximum atomic E-state index is 5.46. The predicted molar refractivity (Wildman–Crippen MR) is 46.3 cm³/mol. The molecular weight excluding hydrogens is 160 g/mol. The van der Waals surface area contributed by atoms with Gasteiger partial charge >= 0.3 is 0 Å². The van der Waals surface area contributed by atoms with Crippen molar-refractivity contribution in [3.63, 3.8) is 0 Å². The van der Waals surface area contributed by atoms with Crippen molar-refractivity contribution in [1.29, 1.82) is 0 Å². The monoisotopic (exact) mass is 170 g/mol. The zero-order valence-electron chi connectivity index (χ0n) is 6.32. The van der Waals surface area contributed by atoms with Gasteiger partial charge < -0.3 is 5.73 Å². The van der Waals surface area contributed by atoms with E-state index in [4.69, 9.17) is 5.73 Å². The van der Waals surface area contributed by atoms with E-state index >= 15 is 0 Å². The third kappa shape index (κ3) is 1.74. The molecule has 0 amide bonds. The minimum Gasteiger partial charge on any atom is -0.368 e. The minimum absolute atomic E-state index is 0.441. The molecule has 1 rings (SSSR count). The van der Waals surface area contributed by atoms with Crippen LogP contribution in [0.3, 0.4) is 0 Å². The van der Waals surface area contributed by atoms with Crippen LogP contribution in [0.1, 0.15) is 0 Å². The lowest BCUT2D eigenvalue weighted by molar-refractivity contribution is 0.797. The van der Waals surface area contributed by atoms with Gasteiger partial charge in [0, 0.05) is 12.8 Å². The van der Waals surface area contributed by atoms with Gasteiger partial charge in [-0.25, -0.2) is 0 Å². The van der Waals surface area contributed by atoms with Crippen molar-refractivity contribution in [2.45, 2.75) is 5.16 Å². The molecule has 1 aromatic rings. The number of hydrogen-bond donors (Lipinski definition) is 1. The molecule has 2 N–H and O–H groups in total. The Hall–Kier alpha value is -0.970. The minimum atomic E-state index is 0.441.